The fourth-order valence-electron chi connectivity index (χ4n) is 4.32. The fourth-order valence-corrected chi connectivity index (χ4v) is 4.32. The molecule has 152 valence electrons. The Morgan fingerprint density at radius 1 is 1.00 bits per heavy atom. The summed E-state index contributed by atoms with van der Waals surface area (Å²) in [5, 5.41) is 1.22. The van der Waals surface area contributed by atoms with Crippen LogP contribution in [0, 0.1) is 0 Å². The molecule has 0 saturated carbocycles. The van der Waals surface area contributed by atoms with Gasteiger partial charge in [-0.3, -0.25) is 4.79 Å². The van der Waals surface area contributed by atoms with Crippen LogP contribution >= 0.6 is 0 Å². The van der Waals surface area contributed by atoms with Crippen molar-refractivity contribution in [3.63, 3.8) is 0 Å². The highest BCUT2D eigenvalue weighted by molar-refractivity contribution is 5.88. The summed E-state index contributed by atoms with van der Waals surface area (Å²) in [5.41, 5.74) is 4.95. The van der Waals surface area contributed by atoms with Crippen LogP contribution in [0.15, 0.2) is 48.5 Å². The lowest BCUT2D eigenvalue weighted by atomic mass is 9.96. The maximum absolute atomic E-state index is 12.3. The Morgan fingerprint density at radius 2 is 1.79 bits per heavy atom. The lowest BCUT2D eigenvalue weighted by Crippen LogP contribution is -2.16. The van der Waals surface area contributed by atoms with Gasteiger partial charge in [0.25, 0.3) is 0 Å². The Kier molecular flexibility index (Phi) is 6.18. The topological polar surface area (TPSA) is 40.5 Å². The number of nitrogens with zero attached hydrogens (tertiary/aromatic N) is 1. The first kappa shape index (κ1) is 19.6. The number of carbonyl (C=O) groups is 1. The van der Waals surface area contributed by atoms with E-state index >= 15 is 0 Å². The highest BCUT2D eigenvalue weighted by atomic mass is 16.5. The SMILES string of the molecule is CCOC(=O)Cn1c2c(c3cc(OCc4ccccc4)ccc31)CCCCCC2. The Morgan fingerprint density at radius 3 is 2.59 bits per heavy atom. The van der Waals surface area contributed by atoms with E-state index in [2.05, 4.69) is 28.8 Å². The Labute approximate surface area is 172 Å². The first-order valence-corrected chi connectivity index (χ1v) is 10.7. The number of rotatable bonds is 6. The van der Waals surface area contributed by atoms with Crippen molar-refractivity contribution in [2.45, 2.75) is 58.6 Å². The van der Waals surface area contributed by atoms with Gasteiger partial charge in [0.05, 0.1) is 6.61 Å². The maximum atomic E-state index is 12.3. The van der Waals surface area contributed by atoms with Gasteiger partial charge in [-0.05, 0) is 61.9 Å². The number of carbonyl (C=O) groups excluding carboxylic acids is 1. The molecule has 1 heterocycles. The normalized spacial score (nSPS) is 14.1. The van der Waals surface area contributed by atoms with Crippen molar-refractivity contribution >= 4 is 16.9 Å². The molecule has 0 aliphatic heterocycles. The van der Waals surface area contributed by atoms with Crippen molar-refractivity contribution in [3.05, 3.63) is 65.4 Å². The second-order valence-corrected chi connectivity index (χ2v) is 7.68. The molecule has 4 rings (SSSR count). The Balaban J connectivity index is 1.68. The monoisotopic (exact) mass is 391 g/mol. The summed E-state index contributed by atoms with van der Waals surface area (Å²) in [6.45, 7) is 3.10. The molecular formula is C25H29NO3. The molecule has 1 aromatic heterocycles. The van der Waals surface area contributed by atoms with E-state index in [1.54, 1.807) is 0 Å². The molecule has 2 aromatic carbocycles. The van der Waals surface area contributed by atoms with Crippen LogP contribution in [0.5, 0.6) is 5.75 Å². The predicted molar refractivity (Wildman–Crippen MR) is 115 cm³/mol. The van der Waals surface area contributed by atoms with Crippen LogP contribution in [0.3, 0.4) is 0 Å². The van der Waals surface area contributed by atoms with E-state index in [0.29, 0.717) is 13.2 Å². The molecule has 4 nitrogen and oxygen atoms in total. The number of aromatic nitrogens is 1. The van der Waals surface area contributed by atoms with Crippen molar-refractivity contribution in [1.29, 1.82) is 0 Å². The zero-order valence-electron chi connectivity index (χ0n) is 17.2. The molecule has 3 aromatic rings. The average molecular weight is 392 g/mol. The molecule has 1 aliphatic rings. The van der Waals surface area contributed by atoms with Crippen molar-refractivity contribution in [2.24, 2.45) is 0 Å². The molecule has 0 fully saturated rings. The third-order valence-corrected chi connectivity index (χ3v) is 5.69. The fraction of sp³-hybridized carbons (Fsp3) is 0.400. The van der Waals surface area contributed by atoms with Gasteiger partial charge in [0.2, 0.25) is 0 Å². The number of hydrogen-bond donors (Lipinski definition) is 0. The summed E-state index contributed by atoms with van der Waals surface area (Å²) < 4.78 is 13.5. The van der Waals surface area contributed by atoms with Crippen LogP contribution in [0.1, 0.15) is 49.4 Å². The molecule has 0 saturated heterocycles. The molecule has 0 unspecified atom stereocenters. The molecular weight excluding hydrogens is 362 g/mol. The number of esters is 1. The van der Waals surface area contributed by atoms with E-state index in [-0.39, 0.29) is 12.5 Å². The quantitative estimate of drug-likeness (QED) is 0.525. The van der Waals surface area contributed by atoms with E-state index in [0.717, 1.165) is 29.7 Å². The van der Waals surface area contributed by atoms with Crippen molar-refractivity contribution in [1.82, 2.24) is 4.57 Å². The first-order valence-electron chi connectivity index (χ1n) is 10.7. The van der Waals surface area contributed by atoms with Crippen molar-refractivity contribution in [3.8, 4) is 5.75 Å². The predicted octanol–water partition coefficient (Wildman–Crippen LogP) is 5.44. The third kappa shape index (κ3) is 4.47. The van der Waals surface area contributed by atoms with Crippen LogP contribution in [-0.2, 0) is 35.5 Å². The molecule has 0 radical (unpaired) electrons. The third-order valence-electron chi connectivity index (χ3n) is 5.69. The molecule has 4 heteroatoms. The van der Waals surface area contributed by atoms with Gasteiger partial charge in [-0.1, -0.05) is 43.2 Å². The van der Waals surface area contributed by atoms with Gasteiger partial charge in [0, 0.05) is 16.6 Å². The van der Waals surface area contributed by atoms with Crippen molar-refractivity contribution in [2.75, 3.05) is 6.61 Å². The lowest BCUT2D eigenvalue weighted by molar-refractivity contribution is -0.143. The molecule has 0 N–H and O–H groups in total. The van der Waals surface area contributed by atoms with E-state index in [1.165, 1.54) is 42.3 Å². The number of aryl methyl sites for hydroxylation is 1. The number of hydrogen-bond acceptors (Lipinski definition) is 3. The minimum absolute atomic E-state index is 0.168. The number of ether oxygens (including phenoxy) is 2. The average Bonchev–Trinajstić information content (AvgIpc) is 2.98. The molecule has 1 aliphatic carbocycles. The van der Waals surface area contributed by atoms with Crippen molar-refractivity contribution < 1.29 is 14.3 Å². The molecule has 0 amide bonds. The zero-order valence-corrected chi connectivity index (χ0v) is 17.2. The van der Waals surface area contributed by atoms with E-state index in [1.807, 2.05) is 31.2 Å². The van der Waals surface area contributed by atoms with Crippen LogP contribution < -0.4 is 4.74 Å². The van der Waals surface area contributed by atoms with Crippen LogP contribution in [0.25, 0.3) is 10.9 Å². The van der Waals surface area contributed by atoms with Gasteiger partial charge < -0.3 is 14.0 Å². The van der Waals surface area contributed by atoms with Crippen LogP contribution in [-0.4, -0.2) is 17.1 Å². The molecule has 29 heavy (non-hydrogen) atoms. The van der Waals surface area contributed by atoms with Gasteiger partial charge in [-0.2, -0.15) is 0 Å². The second kappa shape index (κ2) is 9.17. The van der Waals surface area contributed by atoms with Crippen LogP contribution in [0.4, 0.5) is 0 Å². The molecule has 0 spiro atoms. The van der Waals surface area contributed by atoms with Gasteiger partial charge in [0.15, 0.2) is 0 Å². The van der Waals surface area contributed by atoms with E-state index < -0.39 is 0 Å². The van der Waals surface area contributed by atoms with Gasteiger partial charge in [-0.15, -0.1) is 0 Å². The van der Waals surface area contributed by atoms with Crippen LogP contribution in [0.2, 0.25) is 0 Å². The summed E-state index contributed by atoms with van der Waals surface area (Å²) in [6, 6.07) is 16.5. The molecule has 0 atom stereocenters. The zero-order chi connectivity index (χ0) is 20.1. The van der Waals surface area contributed by atoms with E-state index in [4.69, 9.17) is 9.47 Å². The van der Waals surface area contributed by atoms with Gasteiger partial charge >= 0.3 is 5.97 Å². The minimum atomic E-state index is -0.168. The Bertz CT molecular complexity index is 975. The highest BCUT2D eigenvalue weighted by Gasteiger charge is 2.20. The van der Waals surface area contributed by atoms with Gasteiger partial charge in [0.1, 0.15) is 18.9 Å². The summed E-state index contributed by atoms with van der Waals surface area (Å²) >= 11 is 0. The van der Waals surface area contributed by atoms with Gasteiger partial charge in [-0.25, -0.2) is 0 Å². The largest absolute Gasteiger partial charge is 0.489 e. The standard InChI is InChI=1S/C25H29NO3/c1-2-28-25(27)17-26-23-13-9-4-3-8-12-21(23)22-16-20(14-15-24(22)26)29-18-19-10-6-5-7-11-19/h5-7,10-11,14-16H,2-4,8-9,12-13,17-18H2,1H3. The smallest absolute Gasteiger partial charge is 0.325 e. The summed E-state index contributed by atoms with van der Waals surface area (Å²) in [5.74, 6) is 0.707. The maximum Gasteiger partial charge on any atom is 0.325 e. The number of fused-ring (bicyclic) bond motifs is 3. The minimum Gasteiger partial charge on any atom is -0.489 e. The second-order valence-electron chi connectivity index (χ2n) is 7.68. The highest BCUT2D eigenvalue weighted by Crippen LogP contribution is 2.33. The Hall–Kier alpha value is -2.75. The number of benzene rings is 2. The first-order chi connectivity index (χ1) is 14.3. The lowest BCUT2D eigenvalue weighted by Gasteiger charge is -2.14. The summed E-state index contributed by atoms with van der Waals surface area (Å²) in [6.07, 6.45) is 6.97. The van der Waals surface area contributed by atoms with E-state index in [9.17, 15) is 4.79 Å². The molecule has 0 bridgehead atoms. The summed E-state index contributed by atoms with van der Waals surface area (Å²) in [7, 11) is 0. The summed E-state index contributed by atoms with van der Waals surface area (Å²) in [4.78, 5) is 12.3.